The van der Waals surface area contributed by atoms with Crippen molar-refractivity contribution in [3.05, 3.63) is 83.7 Å². The number of aromatic nitrogens is 2. The predicted molar refractivity (Wildman–Crippen MR) is 116 cm³/mol. The van der Waals surface area contributed by atoms with E-state index in [4.69, 9.17) is 4.74 Å². The molecule has 0 radical (unpaired) electrons. The van der Waals surface area contributed by atoms with Gasteiger partial charge in [0.2, 0.25) is 0 Å². The van der Waals surface area contributed by atoms with Crippen molar-refractivity contribution >= 4 is 34.2 Å². The molecule has 1 heterocycles. The number of ether oxygens (including phenoxy) is 1. The van der Waals surface area contributed by atoms with Crippen molar-refractivity contribution in [3.8, 4) is 5.75 Å². The Balaban J connectivity index is 1.45. The highest BCUT2D eigenvalue weighted by Crippen LogP contribution is 2.26. The van der Waals surface area contributed by atoms with Crippen LogP contribution in [0.3, 0.4) is 0 Å². The standard InChI is InChI=1S/C23H19FN4O3/c1-14(29)15-6-8-17(9-7-15)25-23(30)26-22-19-12-18(10-11-21(19)27-28-22)31-13-16-4-2-3-5-20(16)24/h2-12H,13H2,1H3,(H3,25,26,27,28,30). The zero-order valence-electron chi connectivity index (χ0n) is 16.6. The number of hydrogen-bond acceptors (Lipinski definition) is 4. The first-order chi connectivity index (χ1) is 15.0. The molecule has 156 valence electrons. The van der Waals surface area contributed by atoms with Crippen molar-refractivity contribution in [2.45, 2.75) is 13.5 Å². The van der Waals surface area contributed by atoms with Gasteiger partial charge in [0.15, 0.2) is 11.6 Å². The van der Waals surface area contributed by atoms with E-state index in [-0.39, 0.29) is 18.2 Å². The number of halogens is 1. The number of H-pyrrole nitrogens is 1. The minimum absolute atomic E-state index is 0.0491. The van der Waals surface area contributed by atoms with E-state index < -0.39 is 6.03 Å². The van der Waals surface area contributed by atoms with E-state index in [0.29, 0.717) is 39.3 Å². The number of aromatic amines is 1. The first kappa shape index (κ1) is 20.1. The van der Waals surface area contributed by atoms with E-state index >= 15 is 0 Å². The maximum Gasteiger partial charge on any atom is 0.324 e. The summed E-state index contributed by atoms with van der Waals surface area (Å²) in [6, 6.07) is 17.7. The third-order valence-electron chi connectivity index (χ3n) is 4.67. The molecule has 31 heavy (non-hydrogen) atoms. The van der Waals surface area contributed by atoms with Gasteiger partial charge in [-0.15, -0.1) is 0 Å². The number of benzene rings is 3. The monoisotopic (exact) mass is 418 g/mol. The molecule has 7 nitrogen and oxygen atoms in total. The summed E-state index contributed by atoms with van der Waals surface area (Å²) in [6.07, 6.45) is 0. The smallest absolute Gasteiger partial charge is 0.324 e. The Labute approximate surface area is 177 Å². The lowest BCUT2D eigenvalue weighted by atomic mass is 10.1. The van der Waals surface area contributed by atoms with Crippen LogP contribution < -0.4 is 15.4 Å². The largest absolute Gasteiger partial charge is 0.489 e. The van der Waals surface area contributed by atoms with Crippen LogP contribution in [0, 0.1) is 5.82 Å². The summed E-state index contributed by atoms with van der Waals surface area (Å²) in [5, 5.41) is 13.0. The van der Waals surface area contributed by atoms with Crippen molar-refractivity contribution in [3.63, 3.8) is 0 Å². The van der Waals surface area contributed by atoms with Gasteiger partial charge in [-0.2, -0.15) is 5.10 Å². The number of anilines is 2. The number of carbonyl (C=O) groups excluding carboxylic acids is 2. The Morgan fingerprint density at radius 1 is 1.03 bits per heavy atom. The van der Waals surface area contributed by atoms with Gasteiger partial charge in [0.25, 0.3) is 0 Å². The molecule has 3 N–H and O–H groups in total. The summed E-state index contributed by atoms with van der Waals surface area (Å²) < 4.78 is 19.5. The average molecular weight is 418 g/mol. The topological polar surface area (TPSA) is 96.1 Å². The minimum atomic E-state index is -0.485. The second kappa shape index (κ2) is 8.66. The highest BCUT2D eigenvalue weighted by atomic mass is 19.1. The molecule has 0 bridgehead atoms. The number of ketones is 1. The molecule has 0 unspecified atom stereocenters. The summed E-state index contributed by atoms with van der Waals surface area (Å²) in [4.78, 5) is 23.7. The normalized spacial score (nSPS) is 10.6. The highest BCUT2D eigenvalue weighted by Gasteiger charge is 2.11. The number of urea groups is 1. The number of rotatable bonds is 6. The second-order valence-electron chi connectivity index (χ2n) is 6.87. The van der Waals surface area contributed by atoms with Gasteiger partial charge in [-0.1, -0.05) is 18.2 Å². The molecule has 0 aliphatic carbocycles. The molecule has 4 aromatic rings. The fourth-order valence-corrected chi connectivity index (χ4v) is 3.01. The Hall–Kier alpha value is -4.20. The van der Waals surface area contributed by atoms with Crippen molar-refractivity contribution in [2.24, 2.45) is 0 Å². The molecule has 0 atom stereocenters. The molecule has 2 amide bonds. The predicted octanol–water partition coefficient (Wildman–Crippen LogP) is 5.13. The van der Waals surface area contributed by atoms with Crippen LogP contribution in [-0.2, 0) is 6.61 Å². The molecular weight excluding hydrogens is 399 g/mol. The number of carbonyl (C=O) groups is 2. The van der Waals surface area contributed by atoms with Gasteiger partial charge in [-0.25, -0.2) is 9.18 Å². The van der Waals surface area contributed by atoms with Gasteiger partial charge in [0, 0.05) is 22.2 Å². The van der Waals surface area contributed by atoms with Crippen molar-refractivity contribution < 1.29 is 18.7 Å². The summed E-state index contributed by atoms with van der Waals surface area (Å²) in [5.74, 6) is 0.457. The van der Waals surface area contributed by atoms with E-state index in [1.54, 1.807) is 60.7 Å². The zero-order valence-corrected chi connectivity index (χ0v) is 16.6. The van der Waals surface area contributed by atoms with Gasteiger partial charge in [-0.05, 0) is 55.5 Å². The number of nitrogens with zero attached hydrogens (tertiary/aromatic N) is 1. The summed E-state index contributed by atoms with van der Waals surface area (Å²) in [7, 11) is 0. The first-order valence-electron chi connectivity index (χ1n) is 9.53. The molecule has 0 saturated carbocycles. The third kappa shape index (κ3) is 4.69. The number of Topliss-reactive ketones (excluding diaryl/α,β-unsaturated/α-hetero) is 1. The quantitative estimate of drug-likeness (QED) is 0.378. The van der Waals surface area contributed by atoms with Gasteiger partial charge >= 0.3 is 6.03 Å². The average Bonchev–Trinajstić information content (AvgIpc) is 3.15. The molecular formula is C23H19FN4O3. The van der Waals surface area contributed by atoms with Gasteiger partial charge in [0.1, 0.15) is 18.2 Å². The summed E-state index contributed by atoms with van der Waals surface area (Å²) in [5.41, 5.74) is 2.26. The molecule has 0 fully saturated rings. The van der Waals surface area contributed by atoms with Crippen LogP contribution >= 0.6 is 0 Å². The molecule has 8 heteroatoms. The van der Waals surface area contributed by atoms with E-state index in [1.807, 2.05) is 0 Å². The fourth-order valence-electron chi connectivity index (χ4n) is 3.01. The van der Waals surface area contributed by atoms with Crippen molar-refractivity contribution in [1.82, 2.24) is 10.2 Å². The fraction of sp³-hybridized carbons (Fsp3) is 0.0870. The van der Waals surface area contributed by atoms with Crippen molar-refractivity contribution in [1.29, 1.82) is 0 Å². The maximum absolute atomic E-state index is 13.8. The van der Waals surface area contributed by atoms with Gasteiger partial charge < -0.3 is 10.1 Å². The number of amides is 2. The van der Waals surface area contributed by atoms with E-state index in [0.717, 1.165) is 0 Å². The van der Waals surface area contributed by atoms with Crippen LogP contribution in [-0.4, -0.2) is 22.0 Å². The lowest BCUT2D eigenvalue weighted by Crippen LogP contribution is -2.19. The Kier molecular flexibility index (Phi) is 5.61. The molecule has 0 saturated heterocycles. The first-order valence-corrected chi connectivity index (χ1v) is 9.53. The Morgan fingerprint density at radius 3 is 2.55 bits per heavy atom. The number of fused-ring (bicyclic) bond motifs is 1. The second-order valence-corrected chi connectivity index (χ2v) is 6.87. The van der Waals surface area contributed by atoms with E-state index in [9.17, 15) is 14.0 Å². The zero-order chi connectivity index (χ0) is 21.8. The van der Waals surface area contributed by atoms with Gasteiger partial charge in [-0.3, -0.25) is 15.2 Å². The minimum Gasteiger partial charge on any atom is -0.489 e. The van der Waals surface area contributed by atoms with Crippen LogP contribution in [0.5, 0.6) is 5.75 Å². The summed E-state index contributed by atoms with van der Waals surface area (Å²) in [6.45, 7) is 1.56. The van der Waals surface area contributed by atoms with Crippen LogP contribution in [0.15, 0.2) is 66.7 Å². The highest BCUT2D eigenvalue weighted by molar-refractivity contribution is 6.05. The van der Waals surface area contributed by atoms with Crippen LogP contribution in [0.1, 0.15) is 22.8 Å². The van der Waals surface area contributed by atoms with Crippen LogP contribution in [0.25, 0.3) is 10.9 Å². The molecule has 4 rings (SSSR count). The van der Waals surface area contributed by atoms with Gasteiger partial charge in [0.05, 0.1) is 5.52 Å². The third-order valence-corrected chi connectivity index (χ3v) is 4.67. The number of nitrogens with one attached hydrogen (secondary N) is 3. The molecule has 1 aromatic heterocycles. The van der Waals surface area contributed by atoms with Crippen molar-refractivity contribution in [2.75, 3.05) is 10.6 Å². The molecule has 0 aliphatic heterocycles. The molecule has 0 spiro atoms. The lowest BCUT2D eigenvalue weighted by molar-refractivity contribution is 0.101. The lowest BCUT2D eigenvalue weighted by Gasteiger charge is -2.08. The van der Waals surface area contributed by atoms with E-state index in [1.165, 1.54) is 13.0 Å². The maximum atomic E-state index is 13.8. The van der Waals surface area contributed by atoms with Crippen LogP contribution in [0.2, 0.25) is 0 Å². The van der Waals surface area contributed by atoms with Crippen LogP contribution in [0.4, 0.5) is 20.7 Å². The SMILES string of the molecule is CC(=O)c1ccc(NC(=O)Nc2n[nH]c3ccc(OCc4ccccc4F)cc23)cc1. The number of hydrogen-bond donors (Lipinski definition) is 3. The summed E-state index contributed by atoms with van der Waals surface area (Å²) >= 11 is 0. The molecule has 0 aliphatic rings. The Morgan fingerprint density at radius 2 is 1.81 bits per heavy atom. The van der Waals surface area contributed by atoms with E-state index in [2.05, 4.69) is 20.8 Å². The molecule has 3 aromatic carbocycles. The Bertz CT molecular complexity index is 1250.